The minimum absolute atomic E-state index is 0.0807. The molecule has 0 saturated heterocycles. The molecule has 1 atom stereocenters. The molecule has 0 aliphatic heterocycles. The summed E-state index contributed by atoms with van der Waals surface area (Å²) in [6.45, 7) is 1.67. The van der Waals surface area contributed by atoms with Crippen molar-refractivity contribution in [3.8, 4) is 0 Å². The molecule has 0 radical (unpaired) electrons. The highest BCUT2D eigenvalue weighted by Gasteiger charge is 2.12. The lowest BCUT2D eigenvalue weighted by Crippen LogP contribution is -2.26. The number of nitrogens with two attached hydrogens (primary N) is 1. The summed E-state index contributed by atoms with van der Waals surface area (Å²) < 4.78 is 0. The summed E-state index contributed by atoms with van der Waals surface area (Å²) in [6, 6.07) is 4.79. The first-order valence-corrected chi connectivity index (χ1v) is 5.79. The van der Waals surface area contributed by atoms with Crippen molar-refractivity contribution in [1.82, 2.24) is 0 Å². The summed E-state index contributed by atoms with van der Waals surface area (Å²) >= 11 is 7.42. The topological polar surface area (TPSA) is 43.1 Å². The Kier molecular flexibility index (Phi) is 3.98. The highest BCUT2D eigenvalue weighted by atomic mass is 35.5. The van der Waals surface area contributed by atoms with Gasteiger partial charge in [0.05, 0.1) is 6.04 Å². The average Bonchev–Trinajstić information content (AvgIpc) is 2.15. The summed E-state index contributed by atoms with van der Waals surface area (Å²) in [5.41, 5.74) is 6.09. The number of rotatable bonds is 3. The van der Waals surface area contributed by atoms with Crippen molar-refractivity contribution in [2.75, 3.05) is 6.26 Å². The fraction of sp³-hybridized carbons (Fsp3) is 0.300. The van der Waals surface area contributed by atoms with Crippen molar-refractivity contribution in [2.24, 2.45) is 5.73 Å². The van der Waals surface area contributed by atoms with E-state index in [1.54, 1.807) is 24.8 Å². The van der Waals surface area contributed by atoms with E-state index in [9.17, 15) is 4.79 Å². The molecule has 1 unspecified atom stereocenters. The molecule has 1 rings (SSSR count). The van der Waals surface area contributed by atoms with Gasteiger partial charge in [0.1, 0.15) is 0 Å². The Morgan fingerprint density at radius 3 is 2.64 bits per heavy atom. The fourth-order valence-electron chi connectivity index (χ4n) is 1.09. The van der Waals surface area contributed by atoms with Crippen LogP contribution in [0.15, 0.2) is 23.1 Å². The van der Waals surface area contributed by atoms with Crippen LogP contribution in [0.5, 0.6) is 0 Å². The van der Waals surface area contributed by atoms with E-state index in [0.717, 1.165) is 4.90 Å². The highest BCUT2D eigenvalue weighted by molar-refractivity contribution is 7.98. The smallest absolute Gasteiger partial charge is 0.179 e. The molecular weight excluding hydrogens is 218 g/mol. The van der Waals surface area contributed by atoms with Crippen LogP contribution in [0.4, 0.5) is 0 Å². The molecule has 0 saturated carbocycles. The Labute approximate surface area is 92.8 Å². The molecule has 14 heavy (non-hydrogen) atoms. The molecule has 2 N–H and O–H groups in total. The molecule has 1 aromatic carbocycles. The fourth-order valence-corrected chi connectivity index (χ4v) is 1.88. The molecule has 0 aliphatic rings. The van der Waals surface area contributed by atoms with E-state index in [4.69, 9.17) is 17.3 Å². The molecule has 0 amide bonds. The van der Waals surface area contributed by atoms with E-state index in [2.05, 4.69) is 0 Å². The average molecular weight is 230 g/mol. The zero-order valence-electron chi connectivity index (χ0n) is 8.08. The Bertz CT molecular complexity index is 352. The predicted octanol–water partition coefficient (Wildman–Crippen LogP) is 2.59. The third-order valence-corrected chi connectivity index (χ3v) is 2.73. The van der Waals surface area contributed by atoms with Crippen LogP contribution in [0, 0.1) is 0 Å². The van der Waals surface area contributed by atoms with E-state index in [0.29, 0.717) is 10.6 Å². The number of hydrogen-bond acceptors (Lipinski definition) is 3. The number of carbonyl (C=O) groups is 1. The zero-order valence-corrected chi connectivity index (χ0v) is 9.65. The van der Waals surface area contributed by atoms with Crippen LogP contribution in [0.2, 0.25) is 5.02 Å². The van der Waals surface area contributed by atoms with Crippen LogP contribution in [0.1, 0.15) is 17.3 Å². The van der Waals surface area contributed by atoms with Gasteiger partial charge in [0.2, 0.25) is 0 Å². The summed E-state index contributed by atoms with van der Waals surface area (Å²) in [5, 5.41) is 0.570. The molecular formula is C10H12ClNOS. The molecule has 2 nitrogen and oxygen atoms in total. The SMILES string of the molecule is CSc1cc(Cl)cc(C(=O)C(C)N)c1. The molecule has 0 aliphatic carbocycles. The molecule has 0 bridgehead atoms. The van der Waals surface area contributed by atoms with Crippen LogP contribution in [-0.4, -0.2) is 18.1 Å². The lowest BCUT2D eigenvalue weighted by Gasteiger charge is -2.06. The van der Waals surface area contributed by atoms with Gasteiger partial charge in [-0.2, -0.15) is 0 Å². The van der Waals surface area contributed by atoms with Crippen molar-refractivity contribution in [2.45, 2.75) is 17.9 Å². The van der Waals surface area contributed by atoms with E-state index in [-0.39, 0.29) is 5.78 Å². The Balaban J connectivity index is 3.09. The number of benzene rings is 1. The Morgan fingerprint density at radius 2 is 2.14 bits per heavy atom. The van der Waals surface area contributed by atoms with Crippen LogP contribution < -0.4 is 5.73 Å². The second-order valence-corrected chi connectivity index (χ2v) is 4.35. The molecule has 0 spiro atoms. The number of hydrogen-bond donors (Lipinski definition) is 1. The van der Waals surface area contributed by atoms with Gasteiger partial charge in [-0.3, -0.25) is 4.79 Å². The lowest BCUT2D eigenvalue weighted by atomic mass is 10.1. The maximum Gasteiger partial charge on any atom is 0.179 e. The zero-order chi connectivity index (χ0) is 10.7. The number of halogens is 1. The minimum Gasteiger partial charge on any atom is -0.321 e. The minimum atomic E-state index is -0.483. The second-order valence-electron chi connectivity index (χ2n) is 3.03. The normalized spacial score (nSPS) is 12.6. The van der Waals surface area contributed by atoms with Gasteiger partial charge in [-0.15, -0.1) is 11.8 Å². The van der Waals surface area contributed by atoms with Gasteiger partial charge in [0.15, 0.2) is 5.78 Å². The van der Waals surface area contributed by atoms with Gasteiger partial charge in [-0.05, 0) is 31.4 Å². The lowest BCUT2D eigenvalue weighted by molar-refractivity contribution is 0.0968. The quantitative estimate of drug-likeness (QED) is 0.640. The van der Waals surface area contributed by atoms with E-state index >= 15 is 0 Å². The molecule has 0 fully saturated rings. The molecule has 0 aromatic heterocycles. The number of Topliss-reactive ketones (excluding diaryl/α,β-unsaturated/α-hetero) is 1. The third kappa shape index (κ3) is 2.74. The van der Waals surface area contributed by atoms with Crippen molar-refractivity contribution >= 4 is 29.1 Å². The third-order valence-electron chi connectivity index (χ3n) is 1.81. The van der Waals surface area contributed by atoms with Crippen LogP contribution in [0.3, 0.4) is 0 Å². The molecule has 1 aromatic rings. The Morgan fingerprint density at radius 1 is 1.50 bits per heavy atom. The van der Waals surface area contributed by atoms with Gasteiger partial charge < -0.3 is 5.73 Å². The standard InChI is InChI=1S/C10H12ClNOS/c1-6(12)10(13)7-3-8(11)5-9(4-7)14-2/h3-6H,12H2,1-2H3. The van der Waals surface area contributed by atoms with E-state index in [1.165, 1.54) is 0 Å². The Hall–Kier alpha value is -0.510. The number of ketones is 1. The number of thioether (sulfide) groups is 1. The molecule has 0 heterocycles. The van der Waals surface area contributed by atoms with Gasteiger partial charge in [-0.1, -0.05) is 11.6 Å². The van der Waals surface area contributed by atoms with Crippen LogP contribution in [0.25, 0.3) is 0 Å². The second kappa shape index (κ2) is 4.82. The summed E-state index contributed by atoms with van der Waals surface area (Å²) in [4.78, 5) is 12.5. The molecule has 4 heteroatoms. The summed E-state index contributed by atoms with van der Waals surface area (Å²) in [5.74, 6) is -0.0807. The van der Waals surface area contributed by atoms with Crippen LogP contribution >= 0.6 is 23.4 Å². The van der Waals surface area contributed by atoms with Crippen molar-refractivity contribution < 1.29 is 4.79 Å². The van der Waals surface area contributed by atoms with Crippen molar-refractivity contribution in [3.05, 3.63) is 28.8 Å². The highest BCUT2D eigenvalue weighted by Crippen LogP contribution is 2.22. The monoisotopic (exact) mass is 229 g/mol. The van der Waals surface area contributed by atoms with Crippen LogP contribution in [-0.2, 0) is 0 Å². The summed E-state index contributed by atoms with van der Waals surface area (Å²) in [7, 11) is 0. The van der Waals surface area contributed by atoms with Gasteiger partial charge in [0.25, 0.3) is 0 Å². The van der Waals surface area contributed by atoms with Gasteiger partial charge in [-0.25, -0.2) is 0 Å². The maximum atomic E-state index is 11.6. The van der Waals surface area contributed by atoms with E-state index in [1.807, 2.05) is 18.4 Å². The first-order valence-electron chi connectivity index (χ1n) is 4.19. The van der Waals surface area contributed by atoms with Gasteiger partial charge >= 0.3 is 0 Å². The van der Waals surface area contributed by atoms with Gasteiger partial charge in [0, 0.05) is 15.5 Å². The largest absolute Gasteiger partial charge is 0.321 e. The summed E-state index contributed by atoms with van der Waals surface area (Å²) in [6.07, 6.45) is 1.94. The predicted molar refractivity (Wildman–Crippen MR) is 61.2 cm³/mol. The van der Waals surface area contributed by atoms with E-state index < -0.39 is 6.04 Å². The number of carbonyl (C=O) groups excluding carboxylic acids is 1. The first kappa shape index (κ1) is 11.6. The maximum absolute atomic E-state index is 11.6. The first-order chi connectivity index (χ1) is 6.54. The van der Waals surface area contributed by atoms with Crippen molar-refractivity contribution in [1.29, 1.82) is 0 Å². The van der Waals surface area contributed by atoms with Crippen molar-refractivity contribution in [3.63, 3.8) is 0 Å². The molecule has 76 valence electrons.